The molecule has 0 saturated carbocycles. The molecule has 2 aromatic rings. The Morgan fingerprint density at radius 1 is 1.35 bits per heavy atom. The zero-order chi connectivity index (χ0) is 14.1. The van der Waals surface area contributed by atoms with Crippen molar-refractivity contribution >= 4 is 17.6 Å². The summed E-state index contributed by atoms with van der Waals surface area (Å²) in [6.07, 6.45) is 1.48. The highest BCUT2D eigenvalue weighted by Gasteiger charge is 2.35. The monoisotopic (exact) mass is 273 g/mol. The van der Waals surface area contributed by atoms with Crippen LogP contribution in [0.5, 0.6) is 0 Å². The van der Waals surface area contributed by atoms with E-state index in [-0.39, 0.29) is 18.9 Å². The maximum atomic E-state index is 11.9. The van der Waals surface area contributed by atoms with Crippen LogP contribution in [0, 0.1) is 5.92 Å². The predicted molar refractivity (Wildman–Crippen MR) is 67.2 cm³/mol. The van der Waals surface area contributed by atoms with Crippen molar-refractivity contribution in [1.29, 1.82) is 0 Å². The van der Waals surface area contributed by atoms with E-state index in [2.05, 4.69) is 15.5 Å². The number of anilines is 1. The number of carbonyl (C=O) groups excluding carboxylic acids is 1. The second-order valence-corrected chi connectivity index (χ2v) is 4.52. The summed E-state index contributed by atoms with van der Waals surface area (Å²) in [6.45, 7) is 0.188. The first-order valence-electron chi connectivity index (χ1n) is 6.02. The molecule has 8 heteroatoms. The summed E-state index contributed by atoms with van der Waals surface area (Å²) in [5.74, 6) is -1.79. The number of hydrogen-bond acceptors (Lipinski definition) is 5. The zero-order valence-corrected chi connectivity index (χ0v) is 10.4. The van der Waals surface area contributed by atoms with Crippen LogP contribution >= 0.6 is 0 Å². The van der Waals surface area contributed by atoms with Gasteiger partial charge in [-0.3, -0.25) is 9.59 Å². The van der Waals surface area contributed by atoms with E-state index >= 15 is 0 Å². The van der Waals surface area contributed by atoms with E-state index in [1.165, 1.54) is 15.9 Å². The van der Waals surface area contributed by atoms with Gasteiger partial charge in [-0.1, -0.05) is 6.07 Å². The number of amides is 1. The SMILES string of the molecule is O=C(O)C1CC(=O)N(c2cccc(-n3cnnn3)c2)C1. The molecule has 1 aromatic carbocycles. The van der Waals surface area contributed by atoms with Crippen LogP contribution in [-0.2, 0) is 9.59 Å². The van der Waals surface area contributed by atoms with Crippen LogP contribution in [-0.4, -0.2) is 43.7 Å². The summed E-state index contributed by atoms with van der Waals surface area (Å²) in [6, 6.07) is 7.08. The number of nitrogens with zero attached hydrogens (tertiary/aromatic N) is 5. The summed E-state index contributed by atoms with van der Waals surface area (Å²) < 4.78 is 1.47. The third-order valence-electron chi connectivity index (χ3n) is 3.23. The first kappa shape index (κ1) is 12.3. The molecule has 1 atom stereocenters. The van der Waals surface area contributed by atoms with E-state index in [1.807, 2.05) is 0 Å². The molecule has 20 heavy (non-hydrogen) atoms. The Bertz CT molecular complexity index is 655. The van der Waals surface area contributed by atoms with Crippen molar-refractivity contribution in [3.8, 4) is 5.69 Å². The summed E-state index contributed by atoms with van der Waals surface area (Å²) in [5, 5.41) is 19.9. The van der Waals surface area contributed by atoms with Gasteiger partial charge < -0.3 is 10.0 Å². The van der Waals surface area contributed by atoms with Gasteiger partial charge in [0.1, 0.15) is 6.33 Å². The van der Waals surface area contributed by atoms with Crippen LogP contribution in [0.25, 0.3) is 5.69 Å². The fraction of sp³-hybridized carbons (Fsp3) is 0.250. The Hall–Kier alpha value is -2.77. The summed E-state index contributed by atoms with van der Waals surface area (Å²) in [5.41, 5.74) is 1.35. The van der Waals surface area contributed by atoms with Gasteiger partial charge in [0, 0.05) is 18.7 Å². The number of aliphatic carboxylic acids is 1. The number of aromatic nitrogens is 4. The van der Waals surface area contributed by atoms with Crippen LogP contribution in [0.2, 0.25) is 0 Å². The van der Waals surface area contributed by atoms with Gasteiger partial charge in [-0.15, -0.1) is 5.10 Å². The lowest BCUT2D eigenvalue weighted by molar-refractivity contribution is -0.141. The van der Waals surface area contributed by atoms with Gasteiger partial charge >= 0.3 is 5.97 Å². The average Bonchev–Trinajstić information content (AvgIpc) is 3.08. The number of benzene rings is 1. The van der Waals surface area contributed by atoms with E-state index in [9.17, 15) is 9.59 Å². The van der Waals surface area contributed by atoms with Crippen molar-refractivity contribution in [3.63, 3.8) is 0 Å². The summed E-state index contributed by atoms with van der Waals surface area (Å²) in [4.78, 5) is 24.3. The Morgan fingerprint density at radius 3 is 2.80 bits per heavy atom. The number of hydrogen-bond donors (Lipinski definition) is 1. The number of carboxylic acid groups (broad SMARTS) is 1. The molecule has 1 aromatic heterocycles. The van der Waals surface area contributed by atoms with Gasteiger partial charge in [-0.2, -0.15) is 0 Å². The molecule has 1 aliphatic rings. The van der Waals surface area contributed by atoms with Crippen LogP contribution in [0.3, 0.4) is 0 Å². The van der Waals surface area contributed by atoms with Gasteiger partial charge in [0.15, 0.2) is 0 Å². The summed E-state index contributed by atoms with van der Waals surface area (Å²) in [7, 11) is 0. The molecule has 2 heterocycles. The summed E-state index contributed by atoms with van der Waals surface area (Å²) >= 11 is 0. The number of tetrazole rings is 1. The second kappa shape index (κ2) is 4.72. The average molecular weight is 273 g/mol. The predicted octanol–water partition coefficient (Wildman–Crippen LogP) is 0.0998. The van der Waals surface area contributed by atoms with Gasteiger partial charge in [0.25, 0.3) is 0 Å². The first-order chi connectivity index (χ1) is 9.65. The van der Waals surface area contributed by atoms with Crippen molar-refractivity contribution in [2.24, 2.45) is 5.92 Å². The molecule has 1 aliphatic heterocycles. The lowest BCUT2D eigenvalue weighted by atomic mass is 10.1. The number of carbonyl (C=O) groups is 2. The standard InChI is InChI=1S/C12H11N5O3/c18-11-4-8(12(19)20)6-16(11)9-2-1-3-10(5-9)17-7-13-14-15-17/h1-3,5,7-8H,4,6H2,(H,19,20). The van der Waals surface area contributed by atoms with Crippen molar-refractivity contribution in [1.82, 2.24) is 20.2 Å². The van der Waals surface area contributed by atoms with E-state index in [0.717, 1.165) is 0 Å². The smallest absolute Gasteiger partial charge is 0.308 e. The quantitative estimate of drug-likeness (QED) is 0.851. The maximum absolute atomic E-state index is 11.9. The minimum Gasteiger partial charge on any atom is -0.481 e. The Labute approximate surface area is 113 Å². The van der Waals surface area contributed by atoms with Gasteiger partial charge in [0.2, 0.25) is 5.91 Å². The van der Waals surface area contributed by atoms with E-state index in [0.29, 0.717) is 11.4 Å². The van der Waals surface area contributed by atoms with Gasteiger partial charge in [-0.25, -0.2) is 4.68 Å². The second-order valence-electron chi connectivity index (χ2n) is 4.52. The molecule has 0 radical (unpaired) electrons. The van der Waals surface area contributed by atoms with Crippen LogP contribution in [0.15, 0.2) is 30.6 Å². The molecule has 1 saturated heterocycles. The molecule has 1 amide bonds. The van der Waals surface area contributed by atoms with E-state index in [1.54, 1.807) is 24.3 Å². The van der Waals surface area contributed by atoms with Gasteiger partial charge in [-0.05, 0) is 28.6 Å². The normalized spacial score (nSPS) is 18.5. The first-order valence-corrected chi connectivity index (χ1v) is 6.02. The molecule has 8 nitrogen and oxygen atoms in total. The van der Waals surface area contributed by atoms with Crippen LogP contribution in [0.4, 0.5) is 5.69 Å². The van der Waals surface area contributed by atoms with Crippen LogP contribution in [0.1, 0.15) is 6.42 Å². The Morgan fingerprint density at radius 2 is 2.15 bits per heavy atom. The largest absolute Gasteiger partial charge is 0.481 e. The molecule has 0 bridgehead atoms. The van der Waals surface area contributed by atoms with Crippen molar-refractivity contribution in [2.75, 3.05) is 11.4 Å². The van der Waals surface area contributed by atoms with Crippen molar-refractivity contribution in [3.05, 3.63) is 30.6 Å². The maximum Gasteiger partial charge on any atom is 0.308 e. The molecular formula is C12H11N5O3. The Balaban J connectivity index is 1.90. The lowest BCUT2D eigenvalue weighted by Crippen LogP contribution is -2.25. The number of rotatable bonds is 3. The molecule has 1 unspecified atom stereocenters. The molecule has 1 fully saturated rings. The number of carboxylic acids is 1. The van der Waals surface area contributed by atoms with Crippen molar-refractivity contribution in [2.45, 2.75) is 6.42 Å². The van der Waals surface area contributed by atoms with E-state index in [4.69, 9.17) is 5.11 Å². The molecule has 0 aliphatic carbocycles. The minimum absolute atomic E-state index is 0.0322. The highest BCUT2D eigenvalue weighted by molar-refractivity contribution is 5.99. The minimum atomic E-state index is -0.947. The van der Waals surface area contributed by atoms with Crippen LogP contribution < -0.4 is 4.90 Å². The fourth-order valence-electron chi connectivity index (χ4n) is 2.21. The topological polar surface area (TPSA) is 101 Å². The molecule has 102 valence electrons. The van der Waals surface area contributed by atoms with E-state index < -0.39 is 11.9 Å². The molecule has 1 N–H and O–H groups in total. The fourth-order valence-corrected chi connectivity index (χ4v) is 2.21. The lowest BCUT2D eigenvalue weighted by Gasteiger charge is -2.16. The van der Waals surface area contributed by atoms with Crippen molar-refractivity contribution < 1.29 is 14.7 Å². The third kappa shape index (κ3) is 2.11. The Kier molecular flexibility index (Phi) is 2.90. The zero-order valence-electron chi connectivity index (χ0n) is 10.4. The van der Waals surface area contributed by atoms with Gasteiger partial charge in [0.05, 0.1) is 11.6 Å². The third-order valence-corrected chi connectivity index (χ3v) is 3.23. The molecule has 3 rings (SSSR count). The highest BCUT2D eigenvalue weighted by Crippen LogP contribution is 2.26. The molecule has 0 spiro atoms. The molecular weight excluding hydrogens is 262 g/mol. The highest BCUT2D eigenvalue weighted by atomic mass is 16.4.